The molecule has 0 spiro atoms. The Morgan fingerprint density at radius 1 is 1.15 bits per heavy atom. The fourth-order valence-corrected chi connectivity index (χ4v) is 5.14. The number of carbonyl (C=O) groups is 1. The molecule has 138 valence electrons. The number of H-pyrrole nitrogens is 1. The zero-order chi connectivity index (χ0) is 18.1. The summed E-state index contributed by atoms with van der Waals surface area (Å²) >= 11 is 1.47. The van der Waals surface area contributed by atoms with Gasteiger partial charge in [-0.1, -0.05) is 37.5 Å². The minimum Gasteiger partial charge on any atom is -0.496 e. The largest absolute Gasteiger partial charge is 0.496 e. The van der Waals surface area contributed by atoms with Gasteiger partial charge in [-0.05, 0) is 18.9 Å². The minimum atomic E-state index is -0.242. The minimum absolute atomic E-state index is 0.0720. The number of para-hydroxylation sites is 1. The lowest BCUT2D eigenvalue weighted by atomic mass is 9.95. The van der Waals surface area contributed by atoms with E-state index in [1.807, 2.05) is 28.9 Å². The van der Waals surface area contributed by atoms with E-state index in [9.17, 15) is 9.59 Å². The van der Waals surface area contributed by atoms with E-state index in [2.05, 4.69) is 10.4 Å². The molecule has 1 unspecified atom stereocenters. The molecule has 2 aliphatic rings. The van der Waals surface area contributed by atoms with Gasteiger partial charge in [-0.3, -0.25) is 19.4 Å². The number of aromatic nitrogens is 2. The standard InChI is InChI=1S/C19H23N3O3S/c1-25-14-10-6-5-9-13(14)17-16-18(20-15(23)11-26-17)22(21-19(16)24)12-7-3-2-4-8-12/h5-6,9-10,12,17H,2-4,7-8,11H2,1H3,(H,20,23)(H,21,24). The number of aromatic amines is 1. The molecule has 1 atom stereocenters. The lowest BCUT2D eigenvalue weighted by Gasteiger charge is -2.25. The number of benzene rings is 1. The predicted molar refractivity (Wildman–Crippen MR) is 103 cm³/mol. The smallest absolute Gasteiger partial charge is 0.270 e. The highest BCUT2D eigenvalue weighted by Crippen LogP contribution is 2.44. The molecule has 1 aromatic heterocycles. The highest BCUT2D eigenvalue weighted by molar-refractivity contribution is 8.00. The number of ether oxygens (including phenoxy) is 1. The van der Waals surface area contributed by atoms with Crippen LogP contribution in [-0.2, 0) is 4.79 Å². The first-order valence-electron chi connectivity index (χ1n) is 9.08. The van der Waals surface area contributed by atoms with E-state index in [4.69, 9.17) is 4.74 Å². The lowest BCUT2D eigenvalue weighted by Crippen LogP contribution is -2.21. The molecule has 7 heteroatoms. The summed E-state index contributed by atoms with van der Waals surface area (Å²) in [5.41, 5.74) is 1.41. The van der Waals surface area contributed by atoms with Crippen molar-refractivity contribution in [2.75, 3.05) is 18.2 Å². The highest BCUT2D eigenvalue weighted by atomic mass is 32.2. The maximum atomic E-state index is 12.9. The number of amides is 1. The van der Waals surface area contributed by atoms with Crippen LogP contribution in [0.1, 0.15) is 54.5 Å². The molecule has 1 aliphatic carbocycles. The van der Waals surface area contributed by atoms with Crippen LogP contribution < -0.4 is 15.6 Å². The number of thioether (sulfide) groups is 1. The van der Waals surface area contributed by atoms with Crippen molar-refractivity contribution in [2.45, 2.75) is 43.4 Å². The number of anilines is 1. The van der Waals surface area contributed by atoms with Crippen LogP contribution in [0.5, 0.6) is 5.75 Å². The van der Waals surface area contributed by atoms with Crippen molar-refractivity contribution in [1.82, 2.24) is 9.78 Å². The third kappa shape index (κ3) is 3.05. The molecule has 4 rings (SSSR count). The molecule has 2 heterocycles. The van der Waals surface area contributed by atoms with E-state index < -0.39 is 0 Å². The quantitative estimate of drug-likeness (QED) is 0.864. The number of methoxy groups -OCH3 is 1. The van der Waals surface area contributed by atoms with E-state index in [1.54, 1.807) is 7.11 Å². The molecule has 26 heavy (non-hydrogen) atoms. The molecular weight excluding hydrogens is 350 g/mol. The van der Waals surface area contributed by atoms with Crippen LogP contribution in [0.15, 0.2) is 29.1 Å². The second-order valence-electron chi connectivity index (χ2n) is 6.85. The van der Waals surface area contributed by atoms with E-state index in [0.717, 1.165) is 37.0 Å². The van der Waals surface area contributed by atoms with Crippen LogP contribution >= 0.6 is 11.8 Å². The van der Waals surface area contributed by atoms with Gasteiger partial charge in [-0.15, -0.1) is 11.8 Å². The fourth-order valence-electron chi connectivity index (χ4n) is 3.99. The Morgan fingerprint density at radius 2 is 1.92 bits per heavy atom. The third-order valence-electron chi connectivity index (χ3n) is 5.22. The van der Waals surface area contributed by atoms with Gasteiger partial charge in [0, 0.05) is 5.56 Å². The number of fused-ring (bicyclic) bond motifs is 1. The Hall–Kier alpha value is -2.15. The monoisotopic (exact) mass is 373 g/mol. The van der Waals surface area contributed by atoms with Crippen molar-refractivity contribution in [1.29, 1.82) is 0 Å². The van der Waals surface area contributed by atoms with Gasteiger partial charge >= 0.3 is 0 Å². The Morgan fingerprint density at radius 3 is 2.69 bits per heavy atom. The van der Waals surface area contributed by atoms with E-state index >= 15 is 0 Å². The Labute approximate surface area is 156 Å². The molecule has 0 radical (unpaired) electrons. The van der Waals surface area contributed by atoms with Crippen molar-refractivity contribution in [3.05, 3.63) is 45.7 Å². The molecule has 0 bridgehead atoms. The molecule has 1 aliphatic heterocycles. The molecule has 2 N–H and O–H groups in total. The molecule has 6 nitrogen and oxygen atoms in total. The van der Waals surface area contributed by atoms with Gasteiger partial charge in [-0.2, -0.15) is 0 Å². The summed E-state index contributed by atoms with van der Waals surface area (Å²) in [5, 5.41) is 5.74. The van der Waals surface area contributed by atoms with Crippen LogP contribution in [0, 0.1) is 0 Å². The van der Waals surface area contributed by atoms with E-state index in [-0.39, 0.29) is 22.8 Å². The Bertz CT molecular complexity index is 867. The average molecular weight is 373 g/mol. The zero-order valence-corrected chi connectivity index (χ0v) is 15.6. The average Bonchev–Trinajstić information content (AvgIpc) is 2.88. The van der Waals surface area contributed by atoms with Crippen molar-refractivity contribution in [3.8, 4) is 5.75 Å². The highest BCUT2D eigenvalue weighted by Gasteiger charge is 2.33. The van der Waals surface area contributed by atoms with Crippen molar-refractivity contribution >= 4 is 23.5 Å². The second-order valence-corrected chi connectivity index (χ2v) is 7.94. The second kappa shape index (κ2) is 7.23. The lowest BCUT2D eigenvalue weighted by molar-refractivity contribution is -0.113. The summed E-state index contributed by atoms with van der Waals surface area (Å²) in [6, 6.07) is 7.94. The van der Waals surface area contributed by atoms with Crippen LogP contribution in [0.25, 0.3) is 0 Å². The fraction of sp³-hybridized carbons (Fsp3) is 0.474. The maximum Gasteiger partial charge on any atom is 0.270 e. The summed E-state index contributed by atoms with van der Waals surface area (Å²) in [4.78, 5) is 25.2. The molecular formula is C19H23N3O3S. The molecule has 0 saturated heterocycles. The summed E-state index contributed by atoms with van der Waals surface area (Å²) < 4.78 is 7.41. The summed E-state index contributed by atoms with van der Waals surface area (Å²) in [6.45, 7) is 0. The van der Waals surface area contributed by atoms with Crippen LogP contribution in [0.3, 0.4) is 0 Å². The molecule has 1 fully saturated rings. The van der Waals surface area contributed by atoms with Crippen LogP contribution in [0.4, 0.5) is 5.82 Å². The van der Waals surface area contributed by atoms with E-state index in [1.165, 1.54) is 18.2 Å². The number of nitrogens with zero attached hydrogens (tertiary/aromatic N) is 1. The number of carbonyl (C=O) groups excluding carboxylic acids is 1. The van der Waals surface area contributed by atoms with Crippen LogP contribution in [-0.4, -0.2) is 28.6 Å². The van der Waals surface area contributed by atoms with Crippen molar-refractivity contribution in [3.63, 3.8) is 0 Å². The summed E-state index contributed by atoms with van der Waals surface area (Å²) in [5.74, 6) is 1.60. The SMILES string of the molecule is COc1ccccc1C1SCC(=O)Nc2c1c(=O)[nH]n2C1CCCCC1. The first-order valence-corrected chi connectivity index (χ1v) is 10.1. The number of hydrogen-bond donors (Lipinski definition) is 2. The summed E-state index contributed by atoms with van der Waals surface area (Å²) in [7, 11) is 1.63. The molecule has 1 amide bonds. The summed E-state index contributed by atoms with van der Waals surface area (Å²) in [6.07, 6.45) is 5.59. The number of rotatable bonds is 3. The number of hydrogen-bond acceptors (Lipinski definition) is 4. The van der Waals surface area contributed by atoms with Gasteiger partial charge in [0.25, 0.3) is 5.56 Å². The first kappa shape index (κ1) is 17.3. The Balaban J connectivity index is 1.84. The van der Waals surface area contributed by atoms with Gasteiger partial charge in [0.05, 0.1) is 29.7 Å². The van der Waals surface area contributed by atoms with E-state index in [0.29, 0.717) is 17.1 Å². The number of nitrogens with one attached hydrogen (secondary N) is 2. The normalized spacial score (nSPS) is 21.0. The third-order valence-corrected chi connectivity index (χ3v) is 6.48. The molecule has 1 aromatic carbocycles. The molecule has 1 saturated carbocycles. The zero-order valence-electron chi connectivity index (χ0n) is 14.8. The topological polar surface area (TPSA) is 76.1 Å². The predicted octanol–water partition coefficient (Wildman–Crippen LogP) is 3.46. The van der Waals surface area contributed by atoms with Gasteiger partial charge in [0.15, 0.2) is 0 Å². The maximum absolute atomic E-state index is 12.9. The first-order chi connectivity index (χ1) is 12.7. The Kier molecular flexibility index (Phi) is 4.80. The van der Waals surface area contributed by atoms with Crippen molar-refractivity contribution in [2.24, 2.45) is 0 Å². The van der Waals surface area contributed by atoms with Crippen LogP contribution in [0.2, 0.25) is 0 Å². The van der Waals surface area contributed by atoms with Gasteiger partial charge < -0.3 is 10.1 Å². The van der Waals surface area contributed by atoms with Gasteiger partial charge in [0.1, 0.15) is 11.6 Å². The van der Waals surface area contributed by atoms with Gasteiger partial charge in [0.2, 0.25) is 5.91 Å². The van der Waals surface area contributed by atoms with Gasteiger partial charge in [-0.25, -0.2) is 0 Å². The molecule has 2 aromatic rings. The van der Waals surface area contributed by atoms with Crippen molar-refractivity contribution < 1.29 is 9.53 Å².